The fourth-order valence-corrected chi connectivity index (χ4v) is 2.45. The fraction of sp³-hybridized carbons (Fsp3) is 0.636. The van der Waals surface area contributed by atoms with Crippen LogP contribution in [-0.2, 0) is 6.54 Å². The van der Waals surface area contributed by atoms with Crippen LogP contribution in [0.3, 0.4) is 0 Å². The van der Waals surface area contributed by atoms with Crippen LogP contribution in [0.4, 0.5) is 0 Å². The zero-order chi connectivity index (χ0) is 9.97. The minimum atomic E-state index is -0.212. The van der Waals surface area contributed by atoms with Gasteiger partial charge in [0.2, 0.25) is 0 Å². The molecule has 2 rings (SSSR count). The molecule has 0 saturated heterocycles. The Kier molecular flexibility index (Phi) is 3.21. The first-order valence-corrected chi connectivity index (χ1v) is 6.08. The number of aliphatic hydroxyl groups is 1. The fourth-order valence-electron chi connectivity index (χ4n) is 1.72. The topological polar surface area (TPSA) is 23.5 Å². The van der Waals surface area contributed by atoms with E-state index in [1.807, 2.05) is 6.92 Å². The molecule has 1 aromatic heterocycles. The molecular formula is C11H17NOS. The van der Waals surface area contributed by atoms with Crippen molar-refractivity contribution in [3.8, 4) is 0 Å². The molecule has 1 aliphatic rings. The van der Waals surface area contributed by atoms with Crippen molar-refractivity contribution in [2.75, 3.05) is 6.54 Å². The molecule has 0 unspecified atom stereocenters. The van der Waals surface area contributed by atoms with Crippen molar-refractivity contribution < 1.29 is 5.11 Å². The second-order valence-electron chi connectivity index (χ2n) is 4.09. The Morgan fingerprint density at radius 3 is 2.93 bits per heavy atom. The predicted molar refractivity (Wildman–Crippen MR) is 59.4 cm³/mol. The Bertz CT molecular complexity index is 267. The van der Waals surface area contributed by atoms with Crippen molar-refractivity contribution in [2.45, 2.75) is 38.5 Å². The minimum absolute atomic E-state index is 0.212. The third kappa shape index (κ3) is 2.80. The van der Waals surface area contributed by atoms with E-state index in [4.69, 9.17) is 0 Å². The van der Waals surface area contributed by atoms with Crippen LogP contribution in [0.1, 0.15) is 24.6 Å². The van der Waals surface area contributed by atoms with Crippen LogP contribution in [0.15, 0.2) is 17.5 Å². The van der Waals surface area contributed by atoms with Crippen LogP contribution in [0.25, 0.3) is 0 Å². The largest absolute Gasteiger partial charge is 0.392 e. The maximum atomic E-state index is 9.39. The summed E-state index contributed by atoms with van der Waals surface area (Å²) >= 11 is 1.80. The molecule has 14 heavy (non-hydrogen) atoms. The predicted octanol–water partition coefficient (Wildman–Crippen LogP) is 2.09. The average Bonchev–Trinajstić information content (AvgIpc) is 2.85. The van der Waals surface area contributed by atoms with E-state index in [1.165, 1.54) is 17.7 Å². The summed E-state index contributed by atoms with van der Waals surface area (Å²) in [6, 6.07) is 4.99. The van der Waals surface area contributed by atoms with Gasteiger partial charge in [-0.25, -0.2) is 0 Å². The molecule has 0 spiro atoms. The Labute approximate surface area is 89.2 Å². The first kappa shape index (κ1) is 10.1. The first-order chi connectivity index (χ1) is 6.75. The van der Waals surface area contributed by atoms with Gasteiger partial charge in [0.1, 0.15) is 0 Å². The van der Waals surface area contributed by atoms with Crippen LogP contribution < -0.4 is 0 Å². The molecule has 0 radical (unpaired) electrons. The highest BCUT2D eigenvalue weighted by Crippen LogP contribution is 2.29. The molecule has 2 nitrogen and oxygen atoms in total. The summed E-state index contributed by atoms with van der Waals surface area (Å²) in [4.78, 5) is 3.80. The lowest BCUT2D eigenvalue weighted by atomic mass is 10.3. The molecule has 1 heterocycles. The van der Waals surface area contributed by atoms with E-state index in [9.17, 15) is 5.11 Å². The van der Waals surface area contributed by atoms with Crippen LogP contribution in [-0.4, -0.2) is 28.7 Å². The lowest BCUT2D eigenvalue weighted by Gasteiger charge is -2.22. The lowest BCUT2D eigenvalue weighted by Crippen LogP contribution is -2.32. The minimum Gasteiger partial charge on any atom is -0.392 e. The van der Waals surface area contributed by atoms with Gasteiger partial charge in [0.25, 0.3) is 0 Å². The average molecular weight is 211 g/mol. The first-order valence-electron chi connectivity index (χ1n) is 5.20. The third-order valence-electron chi connectivity index (χ3n) is 2.50. The van der Waals surface area contributed by atoms with Crippen LogP contribution >= 0.6 is 11.3 Å². The highest BCUT2D eigenvalue weighted by atomic mass is 32.1. The van der Waals surface area contributed by atoms with E-state index in [0.29, 0.717) is 0 Å². The van der Waals surface area contributed by atoms with Crippen molar-refractivity contribution in [1.82, 2.24) is 4.90 Å². The summed E-state index contributed by atoms with van der Waals surface area (Å²) in [5.41, 5.74) is 0. The van der Waals surface area contributed by atoms with Crippen molar-refractivity contribution >= 4 is 11.3 Å². The van der Waals surface area contributed by atoms with Gasteiger partial charge in [0.05, 0.1) is 6.10 Å². The summed E-state index contributed by atoms with van der Waals surface area (Å²) in [6.07, 6.45) is 2.39. The van der Waals surface area contributed by atoms with Crippen molar-refractivity contribution in [3.05, 3.63) is 22.4 Å². The summed E-state index contributed by atoms with van der Waals surface area (Å²) < 4.78 is 0. The maximum Gasteiger partial charge on any atom is 0.0639 e. The van der Waals surface area contributed by atoms with Crippen LogP contribution in [0.2, 0.25) is 0 Å². The molecule has 78 valence electrons. The SMILES string of the molecule is C[C@@H](O)CN(Cc1cccs1)C1CC1. The molecule has 0 aromatic carbocycles. The molecule has 1 saturated carbocycles. The van der Waals surface area contributed by atoms with E-state index >= 15 is 0 Å². The smallest absolute Gasteiger partial charge is 0.0639 e. The molecule has 1 aromatic rings. The van der Waals surface area contributed by atoms with Gasteiger partial charge in [-0.3, -0.25) is 4.90 Å². The number of nitrogens with zero attached hydrogens (tertiary/aromatic N) is 1. The van der Waals surface area contributed by atoms with Crippen LogP contribution in [0.5, 0.6) is 0 Å². The third-order valence-corrected chi connectivity index (χ3v) is 3.36. The number of hydrogen-bond acceptors (Lipinski definition) is 3. The summed E-state index contributed by atoms with van der Waals surface area (Å²) in [6.45, 7) is 3.68. The van der Waals surface area contributed by atoms with Gasteiger partial charge in [-0.05, 0) is 31.2 Å². The maximum absolute atomic E-state index is 9.39. The van der Waals surface area contributed by atoms with E-state index < -0.39 is 0 Å². The van der Waals surface area contributed by atoms with E-state index in [-0.39, 0.29) is 6.10 Å². The number of aliphatic hydroxyl groups excluding tert-OH is 1. The Morgan fingerprint density at radius 1 is 1.64 bits per heavy atom. The van der Waals surface area contributed by atoms with Crippen molar-refractivity contribution in [3.63, 3.8) is 0 Å². The Morgan fingerprint density at radius 2 is 2.43 bits per heavy atom. The Balaban J connectivity index is 1.90. The van der Waals surface area contributed by atoms with E-state index in [0.717, 1.165) is 19.1 Å². The molecule has 0 bridgehead atoms. The molecule has 0 amide bonds. The van der Waals surface area contributed by atoms with Gasteiger partial charge >= 0.3 is 0 Å². The van der Waals surface area contributed by atoms with Crippen LogP contribution in [0, 0.1) is 0 Å². The summed E-state index contributed by atoms with van der Waals surface area (Å²) in [5, 5.41) is 11.5. The van der Waals surface area contributed by atoms with Gasteiger partial charge in [0.15, 0.2) is 0 Å². The van der Waals surface area contributed by atoms with E-state index in [2.05, 4.69) is 22.4 Å². The van der Waals surface area contributed by atoms with E-state index in [1.54, 1.807) is 11.3 Å². The van der Waals surface area contributed by atoms with Gasteiger partial charge in [-0.1, -0.05) is 6.07 Å². The second kappa shape index (κ2) is 4.43. The Hall–Kier alpha value is -0.380. The highest BCUT2D eigenvalue weighted by molar-refractivity contribution is 7.09. The number of rotatable bonds is 5. The summed E-state index contributed by atoms with van der Waals surface area (Å²) in [7, 11) is 0. The van der Waals surface area contributed by atoms with Gasteiger partial charge in [0, 0.05) is 24.0 Å². The van der Waals surface area contributed by atoms with Gasteiger partial charge < -0.3 is 5.11 Å². The number of thiophene rings is 1. The highest BCUT2D eigenvalue weighted by Gasteiger charge is 2.29. The number of hydrogen-bond donors (Lipinski definition) is 1. The monoisotopic (exact) mass is 211 g/mol. The second-order valence-corrected chi connectivity index (χ2v) is 5.12. The summed E-state index contributed by atoms with van der Waals surface area (Å²) in [5.74, 6) is 0. The molecular weight excluding hydrogens is 194 g/mol. The molecule has 1 fully saturated rings. The molecule has 1 aliphatic carbocycles. The molecule has 1 N–H and O–H groups in total. The standard InChI is InChI=1S/C11H17NOS/c1-9(13)7-12(10-4-5-10)8-11-3-2-6-14-11/h2-3,6,9-10,13H,4-5,7-8H2,1H3/t9-/m1/s1. The molecule has 1 atom stereocenters. The van der Waals surface area contributed by atoms with Crippen molar-refractivity contribution in [1.29, 1.82) is 0 Å². The normalized spacial score (nSPS) is 18.8. The van der Waals surface area contributed by atoms with Crippen molar-refractivity contribution in [2.24, 2.45) is 0 Å². The zero-order valence-electron chi connectivity index (χ0n) is 8.52. The lowest BCUT2D eigenvalue weighted by molar-refractivity contribution is 0.118. The van der Waals surface area contributed by atoms with Gasteiger partial charge in [-0.15, -0.1) is 11.3 Å². The van der Waals surface area contributed by atoms with Gasteiger partial charge in [-0.2, -0.15) is 0 Å². The quantitative estimate of drug-likeness (QED) is 0.806. The molecule has 3 heteroatoms. The molecule has 0 aliphatic heterocycles. The zero-order valence-corrected chi connectivity index (χ0v) is 9.33.